The minimum absolute atomic E-state index is 0.512. The van der Waals surface area contributed by atoms with Crippen molar-refractivity contribution in [3.63, 3.8) is 0 Å². The van der Waals surface area contributed by atoms with Crippen molar-refractivity contribution in [2.24, 2.45) is 0 Å². The number of alkyl halides is 3. The zero-order valence-corrected chi connectivity index (χ0v) is 7.12. The van der Waals surface area contributed by atoms with Crippen molar-refractivity contribution in [2.45, 2.75) is 6.36 Å². The largest absolute Gasteiger partial charge is 0.573 e. The van der Waals surface area contributed by atoms with E-state index in [1.165, 1.54) is 12.1 Å². The number of carboxylic acid groups (broad SMARTS) is 1. The van der Waals surface area contributed by atoms with Gasteiger partial charge in [0.2, 0.25) is 0 Å². The van der Waals surface area contributed by atoms with Crippen LogP contribution in [0.2, 0.25) is 0 Å². The molecule has 0 radical (unpaired) electrons. The van der Waals surface area contributed by atoms with Crippen LogP contribution in [0.3, 0.4) is 0 Å². The fraction of sp³-hybridized carbons (Fsp3) is 0.125. The van der Waals surface area contributed by atoms with Gasteiger partial charge in [-0.2, -0.15) is 0 Å². The molecule has 7 heteroatoms. The van der Waals surface area contributed by atoms with Crippen LogP contribution in [0.4, 0.5) is 18.0 Å². The maximum atomic E-state index is 11.8. The summed E-state index contributed by atoms with van der Waals surface area (Å²) in [6, 6.07) is 4.58. The van der Waals surface area contributed by atoms with Crippen molar-refractivity contribution in [2.75, 3.05) is 0 Å². The van der Waals surface area contributed by atoms with Gasteiger partial charge >= 0.3 is 12.5 Å². The first-order valence-corrected chi connectivity index (χ1v) is 3.64. The van der Waals surface area contributed by atoms with Crippen LogP contribution in [0.15, 0.2) is 24.3 Å². The van der Waals surface area contributed by atoms with E-state index < -0.39 is 24.0 Å². The summed E-state index contributed by atoms with van der Waals surface area (Å²) in [4.78, 5) is 10.1. The molecule has 0 saturated heterocycles. The van der Waals surface area contributed by atoms with Crippen molar-refractivity contribution in [1.82, 2.24) is 0 Å². The number of halogens is 3. The molecule has 1 aromatic rings. The quantitative estimate of drug-likeness (QED) is 0.617. The van der Waals surface area contributed by atoms with Crippen LogP contribution in [0.5, 0.6) is 11.5 Å². The smallest absolute Gasteiger partial charge is 0.449 e. The van der Waals surface area contributed by atoms with E-state index in [0.29, 0.717) is 0 Å². The molecule has 1 aromatic carbocycles. The molecule has 0 atom stereocenters. The molecule has 15 heavy (non-hydrogen) atoms. The van der Waals surface area contributed by atoms with E-state index in [4.69, 9.17) is 5.11 Å². The standard InChI is InChI=1S/C8H5F3O4/c9-8(10,11)15-6-4-2-1-3-5(6)14-7(12)13/h1-4H,(H,12,13). The Kier molecular flexibility index (Phi) is 3.03. The number of carbonyl (C=O) groups is 1. The van der Waals surface area contributed by atoms with Gasteiger partial charge in [0.15, 0.2) is 11.5 Å². The van der Waals surface area contributed by atoms with Crippen molar-refractivity contribution in [3.05, 3.63) is 24.3 Å². The molecule has 0 fully saturated rings. The van der Waals surface area contributed by atoms with E-state index in [9.17, 15) is 18.0 Å². The third-order valence-corrected chi connectivity index (χ3v) is 1.27. The molecule has 1 rings (SSSR count). The van der Waals surface area contributed by atoms with Gasteiger partial charge in [0.1, 0.15) is 0 Å². The summed E-state index contributed by atoms with van der Waals surface area (Å²) >= 11 is 0. The normalized spacial score (nSPS) is 10.9. The Morgan fingerprint density at radius 3 is 2.20 bits per heavy atom. The monoisotopic (exact) mass is 222 g/mol. The fourth-order valence-corrected chi connectivity index (χ4v) is 0.838. The zero-order valence-electron chi connectivity index (χ0n) is 7.12. The first-order chi connectivity index (χ1) is 6.88. The number of para-hydroxylation sites is 2. The van der Waals surface area contributed by atoms with Crippen LogP contribution in [0.25, 0.3) is 0 Å². The molecule has 0 aromatic heterocycles. The van der Waals surface area contributed by atoms with Gasteiger partial charge in [0.05, 0.1) is 0 Å². The Morgan fingerprint density at radius 2 is 1.73 bits per heavy atom. The topological polar surface area (TPSA) is 55.8 Å². The lowest BCUT2D eigenvalue weighted by atomic mass is 10.3. The average molecular weight is 222 g/mol. The molecule has 0 bridgehead atoms. The summed E-state index contributed by atoms with van der Waals surface area (Å²) in [7, 11) is 0. The third kappa shape index (κ3) is 3.75. The number of hydrogen-bond donors (Lipinski definition) is 1. The summed E-state index contributed by atoms with van der Waals surface area (Å²) in [5, 5.41) is 8.23. The zero-order chi connectivity index (χ0) is 11.5. The lowest BCUT2D eigenvalue weighted by Gasteiger charge is -2.11. The highest BCUT2D eigenvalue weighted by molar-refractivity contribution is 5.62. The average Bonchev–Trinajstić information content (AvgIpc) is 2.05. The summed E-state index contributed by atoms with van der Waals surface area (Å²) in [6.45, 7) is 0. The second-order valence-corrected chi connectivity index (χ2v) is 2.36. The van der Waals surface area contributed by atoms with Crippen molar-refractivity contribution in [1.29, 1.82) is 0 Å². The van der Waals surface area contributed by atoms with E-state index in [0.717, 1.165) is 12.1 Å². The molecule has 0 aliphatic heterocycles. The number of benzene rings is 1. The molecule has 4 nitrogen and oxygen atoms in total. The third-order valence-electron chi connectivity index (χ3n) is 1.27. The highest BCUT2D eigenvalue weighted by Gasteiger charge is 2.32. The summed E-state index contributed by atoms with van der Waals surface area (Å²) in [6.07, 6.45) is -6.61. The molecule has 0 unspecified atom stereocenters. The molecule has 0 heterocycles. The van der Waals surface area contributed by atoms with Gasteiger partial charge in [-0.1, -0.05) is 12.1 Å². The van der Waals surface area contributed by atoms with Gasteiger partial charge < -0.3 is 14.6 Å². The van der Waals surface area contributed by atoms with Gasteiger partial charge in [0.25, 0.3) is 0 Å². The second-order valence-electron chi connectivity index (χ2n) is 2.36. The molecule has 0 aliphatic rings. The fourth-order valence-electron chi connectivity index (χ4n) is 0.838. The Morgan fingerprint density at radius 1 is 1.20 bits per heavy atom. The van der Waals surface area contributed by atoms with Crippen LogP contribution in [0.1, 0.15) is 0 Å². The van der Waals surface area contributed by atoms with Crippen LogP contribution >= 0.6 is 0 Å². The van der Waals surface area contributed by atoms with Gasteiger partial charge in [-0.25, -0.2) is 4.79 Å². The second kappa shape index (κ2) is 4.07. The SMILES string of the molecule is O=C(O)Oc1ccccc1OC(F)(F)F. The molecule has 1 N–H and O–H groups in total. The number of hydrogen-bond acceptors (Lipinski definition) is 3. The van der Waals surface area contributed by atoms with E-state index in [1.807, 2.05) is 0 Å². The highest BCUT2D eigenvalue weighted by Crippen LogP contribution is 2.31. The predicted octanol–water partition coefficient (Wildman–Crippen LogP) is 2.64. The van der Waals surface area contributed by atoms with Crippen LogP contribution < -0.4 is 9.47 Å². The predicted molar refractivity (Wildman–Crippen MR) is 41.8 cm³/mol. The first kappa shape index (κ1) is 11.2. The van der Waals surface area contributed by atoms with Crippen molar-refractivity contribution in [3.8, 4) is 11.5 Å². The molecular formula is C8H5F3O4. The lowest BCUT2D eigenvalue weighted by Crippen LogP contribution is -2.18. The van der Waals surface area contributed by atoms with E-state index >= 15 is 0 Å². The highest BCUT2D eigenvalue weighted by atomic mass is 19.4. The minimum atomic E-state index is -4.89. The number of rotatable bonds is 2. The van der Waals surface area contributed by atoms with Crippen LogP contribution in [-0.4, -0.2) is 17.6 Å². The Bertz CT molecular complexity index is 361. The van der Waals surface area contributed by atoms with Crippen molar-refractivity contribution < 1.29 is 32.5 Å². The first-order valence-electron chi connectivity index (χ1n) is 3.64. The molecule has 82 valence electrons. The summed E-state index contributed by atoms with van der Waals surface area (Å²) in [5.74, 6) is -1.21. The molecule has 0 amide bonds. The van der Waals surface area contributed by atoms with E-state index in [-0.39, 0.29) is 0 Å². The van der Waals surface area contributed by atoms with Crippen LogP contribution in [-0.2, 0) is 0 Å². The molecule has 0 aliphatic carbocycles. The van der Waals surface area contributed by atoms with Crippen LogP contribution in [0, 0.1) is 0 Å². The molecule has 0 saturated carbocycles. The van der Waals surface area contributed by atoms with E-state index in [2.05, 4.69) is 9.47 Å². The number of ether oxygens (including phenoxy) is 2. The Labute approximate surface area is 81.8 Å². The minimum Gasteiger partial charge on any atom is -0.449 e. The van der Waals surface area contributed by atoms with Gasteiger partial charge in [0, 0.05) is 0 Å². The Hall–Kier alpha value is -1.92. The lowest BCUT2D eigenvalue weighted by molar-refractivity contribution is -0.275. The summed E-state index contributed by atoms with van der Waals surface area (Å²) < 4.78 is 43.1. The maximum Gasteiger partial charge on any atom is 0.573 e. The summed E-state index contributed by atoms with van der Waals surface area (Å²) in [5.41, 5.74) is 0. The molecular weight excluding hydrogens is 217 g/mol. The van der Waals surface area contributed by atoms with Gasteiger partial charge in [-0.3, -0.25) is 0 Å². The van der Waals surface area contributed by atoms with Gasteiger partial charge in [-0.15, -0.1) is 13.2 Å². The van der Waals surface area contributed by atoms with Gasteiger partial charge in [-0.05, 0) is 12.1 Å². The molecule has 0 spiro atoms. The maximum absolute atomic E-state index is 11.8. The van der Waals surface area contributed by atoms with Crippen molar-refractivity contribution >= 4 is 6.16 Å². The Balaban J connectivity index is 2.91. The van der Waals surface area contributed by atoms with E-state index in [1.54, 1.807) is 0 Å².